The molecule has 3 rings (SSSR count). The number of anilines is 1. The minimum Gasteiger partial charge on any atom is -0.478 e. The van der Waals surface area contributed by atoms with Crippen LogP contribution in [0.25, 0.3) is 6.08 Å². The quantitative estimate of drug-likeness (QED) is 0.358. The van der Waals surface area contributed by atoms with E-state index in [2.05, 4.69) is 0 Å². The van der Waals surface area contributed by atoms with Crippen molar-refractivity contribution in [2.24, 2.45) is 0 Å². The normalized spacial score (nSPS) is 15.4. The molecule has 1 saturated heterocycles. The molecule has 136 valence electrons. The summed E-state index contributed by atoms with van der Waals surface area (Å²) in [6.45, 7) is 1.74. The van der Waals surface area contributed by atoms with Gasteiger partial charge in [-0.05, 0) is 36.8 Å². The van der Waals surface area contributed by atoms with E-state index in [1.165, 1.54) is 29.2 Å². The van der Waals surface area contributed by atoms with Gasteiger partial charge in [0.05, 0.1) is 26.6 Å². The number of aromatic carboxylic acids is 1. The Kier molecular flexibility index (Phi) is 5.06. The molecule has 0 spiro atoms. The number of carboxylic acids is 1. The molecule has 2 aromatic carbocycles. The van der Waals surface area contributed by atoms with Gasteiger partial charge < -0.3 is 5.11 Å². The lowest BCUT2D eigenvalue weighted by Gasteiger charge is -2.17. The van der Waals surface area contributed by atoms with E-state index in [1.807, 2.05) is 0 Å². The topological polar surface area (TPSA) is 101 Å². The Morgan fingerprint density at radius 3 is 2.67 bits per heavy atom. The van der Waals surface area contributed by atoms with Crippen molar-refractivity contribution in [1.29, 1.82) is 0 Å². The van der Waals surface area contributed by atoms with Gasteiger partial charge in [0.1, 0.15) is 0 Å². The van der Waals surface area contributed by atoms with Crippen LogP contribution < -0.4 is 4.90 Å². The fraction of sp³-hybridized carbons (Fsp3) is 0.0556. The van der Waals surface area contributed by atoms with Crippen molar-refractivity contribution in [2.45, 2.75) is 6.92 Å². The van der Waals surface area contributed by atoms with E-state index in [0.717, 1.165) is 11.8 Å². The zero-order chi connectivity index (χ0) is 19.7. The Labute approximate surface area is 163 Å². The van der Waals surface area contributed by atoms with Crippen LogP contribution in [0.5, 0.6) is 0 Å². The van der Waals surface area contributed by atoms with E-state index in [-0.39, 0.29) is 20.5 Å². The standard InChI is InChI=1S/C18H12N2O5S2/c1-10-6-7-12(17(22)23)8-14(10)19-16(21)15(27-18(19)26)9-11-4-2-3-5-13(11)20(24)25/h2-9H,1H3,(H,22,23)/b15-9-. The number of thioether (sulfide) groups is 1. The number of carbonyl (C=O) groups excluding carboxylic acids is 1. The van der Waals surface area contributed by atoms with Gasteiger partial charge in [0.2, 0.25) is 0 Å². The summed E-state index contributed by atoms with van der Waals surface area (Å²) in [5.74, 6) is -1.56. The molecule has 1 aliphatic rings. The molecule has 0 bridgehead atoms. The van der Waals surface area contributed by atoms with E-state index in [9.17, 15) is 24.8 Å². The third-order valence-electron chi connectivity index (χ3n) is 3.91. The first-order valence-corrected chi connectivity index (χ1v) is 8.87. The number of amides is 1. The minimum atomic E-state index is -1.11. The molecule has 0 unspecified atom stereocenters. The summed E-state index contributed by atoms with van der Waals surface area (Å²) < 4.78 is 0.232. The highest BCUT2D eigenvalue weighted by molar-refractivity contribution is 8.27. The van der Waals surface area contributed by atoms with Gasteiger partial charge >= 0.3 is 5.97 Å². The number of aryl methyl sites for hydroxylation is 1. The molecule has 9 heteroatoms. The molecule has 0 aromatic heterocycles. The number of carboxylic acid groups (broad SMARTS) is 1. The average molecular weight is 400 g/mol. The highest BCUT2D eigenvalue weighted by Gasteiger charge is 2.35. The van der Waals surface area contributed by atoms with Crippen LogP contribution in [0.1, 0.15) is 21.5 Å². The number of thiocarbonyl (C=S) groups is 1. The first-order valence-electron chi connectivity index (χ1n) is 7.65. The molecular weight excluding hydrogens is 388 g/mol. The largest absolute Gasteiger partial charge is 0.478 e. The van der Waals surface area contributed by atoms with Crippen LogP contribution >= 0.6 is 24.0 Å². The number of nitro benzene ring substituents is 1. The van der Waals surface area contributed by atoms with E-state index in [4.69, 9.17) is 12.2 Å². The first-order chi connectivity index (χ1) is 12.8. The molecule has 2 aromatic rings. The minimum absolute atomic E-state index is 0.0346. The number of hydrogen-bond donors (Lipinski definition) is 1. The van der Waals surface area contributed by atoms with Gasteiger partial charge in [0.25, 0.3) is 11.6 Å². The molecule has 1 aliphatic heterocycles. The van der Waals surface area contributed by atoms with Crippen molar-refractivity contribution >= 4 is 57.6 Å². The van der Waals surface area contributed by atoms with Crippen LogP contribution in [0.15, 0.2) is 47.4 Å². The third-order valence-corrected chi connectivity index (χ3v) is 5.21. The van der Waals surface area contributed by atoms with Gasteiger partial charge in [-0.3, -0.25) is 19.8 Å². The van der Waals surface area contributed by atoms with E-state index < -0.39 is 16.8 Å². The molecule has 0 radical (unpaired) electrons. The Hall–Kier alpha value is -3.04. The fourth-order valence-corrected chi connectivity index (χ4v) is 3.85. The summed E-state index contributed by atoms with van der Waals surface area (Å²) in [6, 6.07) is 10.5. The summed E-state index contributed by atoms with van der Waals surface area (Å²) in [6.07, 6.45) is 1.42. The van der Waals surface area contributed by atoms with Gasteiger partial charge in [0.15, 0.2) is 4.32 Å². The average Bonchev–Trinajstić information content (AvgIpc) is 2.89. The highest BCUT2D eigenvalue weighted by atomic mass is 32.2. The summed E-state index contributed by atoms with van der Waals surface area (Å²) in [5, 5.41) is 20.4. The van der Waals surface area contributed by atoms with Gasteiger partial charge in [-0.25, -0.2) is 4.79 Å². The fourth-order valence-electron chi connectivity index (χ4n) is 2.58. The number of nitro groups is 1. The lowest BCUT2D eigenvalue weighted by Crippen LogP contribution is -2.28. The SMILES string of the molecule is Cc1ccc(C(=O)O)cc1N1C(=O)/C(=C/c2ccccc2[N+](=O)[O-])SC1=S. The van der Waals surface area contributed by atoms with Crippen molar-refractivity contribution < 1.29 is 19.6 Å². The van der Waals surface area contributed by atoms with Crippen LogP contribution in [0, 0.1) is 17.0 Å². The second kappa shape index (κ2) is 7.29. The first kappa shape index (κ1) is 18.7. The Morgan fingerprint density at radius 2 is 2.00 bits per heavy atom. The molecule has 0 aliphatic carbocycles. The smallest absolute Gasteiger partial charge is 0.335 e. The third kappa shape index (κ3) is 3.60. The maximum atomic E-state index is 12.9. The number of rotatable bonds is 4. The molecule has 1 fully saturated rings. The van der Waals surface area contributed by atoms with Crippen LogP contribution in [-0.2, 0) is 4.79 Å². The summed E-state index contributed by atoms with van der Waals surface area (Å²) >= 11 is 6.31. The zero-order valence-corrected chi connectivity index (χ0v) is 15.5. The number of nitrogens with zero attached hydrogens (tertiary/aromatic N) is 2. The van der Waals surface area contributed by atoms with E-state index in [0.29, 0.717) is 16.8 Å². The molecule has 0 saturated carbocycles. The molecule has 7 nitrogen and oxygen atoms in total. The Balaban J connectivity index is 2.03. The second-order valence-electron chi connectivity index (χ2n) is 5.64. The van der Waals surface area contributed by atoms with Crippen LogP contribution in [-0.4, -0.2) is 26.2 Å². The van der Waals surface area contributed by atoms with E-state index in [1.54, 1.807) is 31.2 Å². The molecular formula is C18H12N2O5S2. The van der Waals surface area contributed by atoms with Crippen molar-refractivity contribution in [3.05, 3.63) is 74.2 Å². The van der Waals surface area contributed by atoms with Gasteiger partial charge in [-0.2, -0.15) is 0 Å². The number of carbonyl (C=O) groups is 2. The zero-order valence-electron chi connectivity index (χ0n) is 13.9. The monoisotopic (exact) mass is 400 g/mol. The van der Waals surface area contributed by atoms with Crippen molar-refractivity contribution in [1.82, 2.24) is 0 Å². The van der Waals surface area contributed by atoms with Crippen LogP contribution in [0.4, 0.5) is 11.4 Å². The van der Waals surface area contributed by atoms with E-state index >= 15 is 0 Å². The highest BCUT2D eigenvalue weighted by Crippen LogP contribution is 2.38. The van der Waals surface area contributed by atoms with Gasteiger partial charge in [0, 0.05) is 6.07 Å². The van der Waals surface area contributed by atoms with Crippen molar-refractivity contribution in [3.63, 3.8) is 0 Å². The predicted molar refractivity (Wildman–Crippen MR) is 107 cm³/mol. The van der Waals surface area contributed by atoms with Gasteiger partial charge in [-0.15, -0.1) is 0 Å². The number of hydrogen-bond acceptors (Lipinski definition) is 6. The molecule has 0 atom stereocenters. The van der Waals surface area contributed by atoms with Crippen molar-refractivity contribution in [3.8, 4) is 0 Å². The maximum Gasteiger partial charge on any atom is 0.335 e. The van der Waals surface area contributed by atoms with Crippen LogP contribution in [0.3, 0.4) is 0 Å². The summed E-state index contributed by atoms with van der Waals surface area (Å²) in [7, 11) is 0. The number of benzene rings is 2. The molecule has 1 amide bonds. The second-order valence-corrected chi connectivity index (χ2v) is 7.32. The molecule has 1 heterocycles. The Bertz CT molecular complexity index is 1030. The number of para-hydroxylation sites is 1. The van der Waals surface area contributed by atoms with Gasteiger partial charge in [-0.1, -0.05) is 42.2 Å². The van der Waals surface area contributed by atoms with Crippen molar-refractivity contribution in [2.75, 3.05) is 4.90 Å². The molecule has 1 N–H and O–H groups in total. The molecule has 27 heavy (non-hydrogen) atoms. The maximum absolute atomic E-state index is 12.9. The predicted octanol–water partition coefficient (Wildman–Crippen LogP) is 4.01. The summed E-state index contributed by atoms with van der Waals surface area (Å²) in [4.78, 5) is 36.2. The summed E-state index contributed by atoms with van der Waals surface area (Å²) in [5.41, 5.74) is 1.27. The lowest BCUT2D eigenvalue weighted by atomic mass is 10.1. The Morgan fingerprint density at radius 1 is 1.30 bits per heavy atom. The lowest BCUT2D eigenvalue weighted by molar-refractivity contribution is -0.385. The van der Waals surface area contributed by atoms with Crippen LogP contribution in [0.2, 0.25) is 0 Å².